The van der Waals surface area contributed by atoms with E-state index in [4.69, 9.17) is 5.73 Å². The van der Waals surface area contributed by atoms with Crippen molar-refractivity contribution < 1.29 is 0 Å². The molecule has 4 heteroatoms. The first-order valence-electron chi connectivity index (χ1n) is 6.27. The number of benzene rings is 1. The smallest absolute Gasteiger partial charge is 0.180 e. The van der Waals surface area contributed by atoms with E-state index in [1.807, 2.05) is 18.2 Å². The van der Waals surface area contributed by atoms with Gasteiger partial charge < -0.3 is 5.73 Å². The van der Waals surface area contributed by atoms with E-state index in [9.17, 15) is 0 Å². The van der Waals surface area contributed by atoms with Crippen LogP contribution in [0.15, 0.2) is 30.3 Å². The van der Waals surface area contributed by atoms with Crippen molar-refractivity contribution >= 4 is 16.5 Å². The van der Waals surface area contributed by atoms with Crippen LogP contribution in [0.5, 0.6) is 0 Å². The van der Waals surface area contributed by atoms with Gasteiger partial charge in [-0.2, -0.15) is 0 Å². The van der Waals surface area contributed by atoms with E-state index in [2.05, 4.69) is 35.9 Å². The molecule has 0 aliphatic rings. The van der Waals surface area contributed by atoms with E-state index in [0.717, 1.165) is 30.9 Å². The Bertz CT molecular complexity index is 489. The fraction of sp³-hybridized carbons (Fsp3) is 0.357. The molecule has 0 amide bonds. The molecule has 1 aromatic carbocycles. The third-order valence-corrected chi connectivity index (χ3v) is 3.89. The number of hydrogen-bond donors (Lipinski definition) is 1. The summed E-state index contributed by atoms with van der Waals surface area (Å²) in [5.74, 6) is 0. The lowest BCUT2D eigenvalue weighted by Gasteiger charge is -2.17. The van der Waals surface area contributed by atoms with Crippen molar-refractivity contribution in [3.8, 4) is 11.3 Å². The Balaban J connectivity index is 2.31. The molecule has 1 aromatic heterocycles. The summed E-state index contributed by atoms with van der Waals surface area (Å²) < 4.78 is 0. The second-order valence-corrected chi connectivity index (χ2v) is 5.27. The standard InChI is InChI=1S/C14H19N3S/c1-3-17(4-2)10-12-13(16-14(15)18-12)11-8-6-5-7-9-11/h5-9H,3-4,10H2,1-2H3,(H2,15,16). The number of anilines is 1. The first kappa shape index (κ1) is 13.1. The molecule has 0 unspecified atom stereocenters. The summed E-state index contributed by atoms with van der Waals surface area (Å²) in [5.41, 5.74) is 8.04. The Hall–Kier alpha value is -1.39. The third kappa shape index (κ3) is 2.89. The van der Waals surface area contributed by atoms with Gasteiger partial charge in [0.05, 0.1) is 5.69 Å². The van der Waals surface area contributed by atoms with E-state index in [1.54, 1.807) is 11.3 Å². The molecule has 2 aromatic rings. The fourth-order valence-corrected chi connectivity index (χ4v) is 2.85. The van der Waals surface area contributed by atoms with E-state index in [-0.39, 0.29) is 0 Å². The average Bonchev–Trinajstić information content (AvgIpc) is 2.78. The van der Waals surface area contributed by atoms with Crippen LogP contribution in [0.2, 0.25) is 0 Å². The quantitative estimate of drug-likeness (QED) is 0.898. The fourth-order valence-electron chi connectivity index (χ4n) is 1.95. The highest BCUT2D eigenvalue weighted by Gasteiger charge is 2.13. The van der Waals surface area contributed by atoms with Crippen LogP contribution in [0, 0.1) is 0 Å². The van der Waals surface area contributed by atoms with Crippen LogP contribution in [0.1, 0.15) is 18.7 Å². The summed E-state index contributed by atoms with van der Waals surface area (Å²) in [5, 5.41) is 0.649. The molecule has 1 heterocycles. The molecule has 0 radical (unpaired) electrons. The van der Waals surface area contributed by atoms with Gasteiger partial charge in [-0.3, -0.25) is 4.90 Å². The minimum Gasteiger partial charge on any atom is -0.375 e. The van der Waals surface area contributed by atoms with Crippen molar-refractivity contribution in [2.24, 2.45) is 0 Å². The monoisotopic (exact) mass is 261 g/mol. The van der Waals surface area contributed by atoms with Gasteiger partial charge >= 0.3 is 0 Å². The van der Waals surface area contributed by atoms with Crippen molar-refractivity contribution in [1.82, 2.24) is 9.88 Å². The van der Waals surface area contributed by atoms with Crippen LogP contribution >= 0.6 is 11.3 Å². The van der Waals surface area contributed by atoms with Crippen LogP contribution in [-0.2, 0) is 6.54 Å². The molecule has 2 N–H and O–H groups in total. The molecule has 2 rings (SSSR count). The predicted molar refractivity (Wildman–Crippen MR) is 78.6 cm³/mol. The zero-order valence-electron chi connectivity index (χ0n) is 10.9. The SMILES string of the molecule is CCN(CC)Cc1sc(N)nc1-c1ccccc1. The summed E-state index contributed by atoms with van der Waals surface area (Å²) in [6.07, 6.45) is 0. The number of rotatable bonds is 5. The van der Waals surface area contributed by atoms with Crippen LogP contribution in [0.4, 0.5) is 5.13 Å². The topological polar surface area (TPSA) is 42.1 Å². The lowest BCUT2D eigenvalue weighted by Crippen LogP contribution is -2.21. The predicted octanol–water partition coefficient (Wildman–Crippen LogP) is 3.23. The maximum absolute atomic E-state index is 5.86. The van der Waals surface area contributed by atoms with Gasteiger partial charge in [0.2, 0.25) is 0 Å². The van der Waals surface area contributed by atoms with E-state index in [1.165, 1.54) is 4.88 Å². The summed E-state index contributed by atoms with van der Waals surface area (Å²) in [7, 11) is 0. The van der Waals surface area contributed by atoms with E-state index < -0.39 is 0 Å². The summed E-state index contributed by atoms with van der Waals surface area (Å²) in [6, 6.07) is 10.3. The summed E-state index contributed by atoms with van der Waals surface area (Å²) in [6.45, 7) is 7.36. The van der Waals surface area contributed by atoms with Gasteiger partial charge in [0, 0.05) is 17.0 Å². The maximum Gasteiger partial charge on any atom is 0.180 e. The Morgan fingerprint density at radius 1 is 1.17 bits per heavy atom. The van der Waals surface area contributed by atoms with Gasteiger partial charge in [-0.15, -0.1) is 11.3 Å². The number of thiazole rings is 1. The first-order valence-corrected chi connectivity index (χ1v) is 7.09. The number of aromatic nitrogens is 1. The van der Waals surface area contributed by atoms with Crippen molar-refractivity contribution in [1.29, 1.82) is 0 Å². The summed E-state index contributed by atoms with van der Waals surface area (Å²) in [4.78, 5) is 8.10. The Morgan fingerprint density at radius 2 is 1.83 bits per heavy atom. The summed E-state index contributed by atoms with van der Waals surface area (Å²) >= 11 is 1.59. The Labute approximate surface area is 112 Å². The maximum atomic E-state index is 5.86. The van der Waals surface area contributed by atoms with Crippen molar-refractivity contribution in [3.05, 3.63) is 35.2 Å². The molecule has 0 atom stereocenters. The minimum atomic E-state index is 0.649. The molecule has 18 heavy (non-hydrogen) atoms. The lowest BCUT2D eigenvalue weighted by molar-refractivity contribution is 0.298. The number of nitrogens with two attached hydrogens (primary N) is 1. The Morgan fingerprint density at radius 3 is 2.44 bits per heavy atom. The molecular formula is C14H19N3S. The first-order chi connectivity index (χ1) is 8.74. The van der Waals surface area contributed by atoms with Crippen molar-refractivity contribution in [2.75, 3.05) is 18.8 Å². The molecule has 0 aliphatic carbocycles. The second kappa shape index (κ2) is 5.98. The Kier molecular flexibility index (Phi) is 4.33. The largest absolute Gasteiger partial charge is 0.375 e. The molecule has 0 fully saturated rings. The van der Waals surface area contributed by atoms with Crippen molar-refractivity contribution in [2.45, 2.75) is 20.4 Å². The van der Waals surface area contributed by atoms with Gasteiger partial charge in [0.1, 0.15) is 0 Å². The highest BCUT2D eigenvalue weighted by Crippen LogP contribution is 2.30. The number of nitrogens with zero attached hydrogens (tertiary/aromatic N) is 2. The van der Waals surface area contributed by atoms with Crippen LogP contribution in [0.25, 0.3) is 11.3 Å². The molecule has 96 valence electrons. The van der Waals surface area contributed by atoms with Crippen LogP contribution in [-0.4, -0.2) is 23.0 Å². The second-order valence-electron chi connectivity index (χ2n) is 4.15. The molecular weight excluding hydrogens is 242 g/mol. The normalized spacial score (nSPS) is 11.1. The molecule has 0 bridgehead atoms. The zero-order valence-corrected chi connectivity index (χ0v) is 11.7. The molecule has 0 spiro atoms. The van der Waals surface area contributed by atoms with Gasteiger partial charge in [0.15, 0.2) is 5.13 Å². The van der Waals surface area contributed by atoms with Gasteiger partial charge in [0.25, 0.3) is 0 Å². The number of nitrogen functional groups attached to an aromatic ring is 1. The van der Waals surface area contributed by atoms with Crippen LogP contribution in [0.3, 0.4) is 0 Å². The highest BCUT2D eigenvalue weighted by molar-refractivity contribution is 7.15. The molecule has 3 nitrogen and oxygen atoms in total. The highest BCUT2D eigenvalue weighted by atomic mass is 32.1. The molecule has 0 saturated carbocycles. The van der Waals surface area contributed by atoms with Gasteiger partial charge in [-0.1, -0.05) is 44.2 Å². The van der Waals surface area contributed by atoms with Gasteiger partial charge in [-0.05, 0) is 13.1 Å². The van der Waals surface area contributed by atoms with Gasteiger partial charge in [-0.25, -0.2) is 4.98 Å². The third-order valence-electron chi connectivity index (χ3n) is 3.02. The zero-order chi connectivity index (χ0) is 13.0. The van der Waals surface area contributed by atoms with E-state index >= 15 is 0 Å². The van der Waals surface area contributed by atoms with Crippen molar-refractivity contribution in [3.63, 3.8) is 0 Å². The van der Waals surface area contributed by atoms with E-state index in [0.29, 0.717) is 5.13 Å². The minimum absolute atomic E-state index is 0.649. The lowest BCUT2D eigenvalue weighted by atomic mass is 10.1. The molecule has 0 saturated heterocycles. The van der Waals surface area contributed by atoms with Crippen LogP contribution < -0.4 is 5.73 Å². The average molecular weight is 261 g/mol. The molecule has 0 aliphatic heterocycles. The number of hydrogen-bond acceptors (Lipinski definition) is 4.